The minimum atomic E-state index is -3.78. The molecule has 11 heteroatoms. The zero-order valence-electron chi connectivity index (χ0n) is 25.1. The molecule has 236 valence electrons. The van der Waals surface area contributed by atoms with Gasteiger partial charge < -0.3 is 19.8 Å². The molecule has 44 heavy (non-hydrogen) atoms. The Morgan fingerprint density at radius 2 is 1.64 bits per heavy atom. The molecule has 2 atom stereocenters. The first-order valence-electron chi connectivity index (χ1n) is 14.5. The average molecular weight is 643 g/mol. The molecule has 0 aliphatic carbocycles. The number of likely N-dealkylation sites (tertiary alicyclic amines) is 1. The van der Waals surface area contributed by atoms with Crippen LogP contribution in [0.25, 0.3) is 0 Å². The molecule has 1 saturated heterocycles. The molecule has 0 bridgehead atoms. The predicted molar refractivity (Wildman–Crippen MR) is 167 cm³/mol. The van der Waals surface area contributed by atoms with Gasteiger partial charge in [-0.1, -0.05) is 48.0 Å². The number of carbonyl (C=O) groups excluding carboxylic acids is 1. The van der Waals surface area contributed by atoms with Gasteiger partial charge in [0.25, 0.3) is 0 Å². The lowest BCUT2D eigenvalue weighted by molar-refractivity contribution is -0.142. The monoisotopic (exact) mass is 642 g/mol. The number of ether oxygens (including phenoxy) is 1. The number of aliphatic carboxylic acids is 1. The van der Waals surface area contributed by atoms with Gasteiger partial charge in [-0.05, 0) is 99.7 Å². The van der Waals surface area contributed by atoms with Crippen LogP contribution in [0.3, 0.4) is 0 Å². The van der Waals surface area contributed by atoms with E-state index in [1.807, 2.05) is 4.90 Å². The normalized spacial score (nSPS) is 16.4. The molecule has 1 heterocycles. The number of hydrogen-bond donors (Lipinski definition) is 2. The average Bonchev–Trinajstić information content (AvgIpc) is 3.43. The largest absolute Gasteiger partial charge is 0.480 e. The van der Waals surface area contributed by atoms with Crippen molar-refractivity contribution in [2.45, 2.75) is 74.1 Å². The topological polar surface area (TPSA) is 124 Å². The fourth-order valence-electron chi connectivity index (χ4n) is 5.15. The first kappa shape index (κ1) is 33.5. The van der Waals surface area contributed by atoms with Crippen molar-refractivity contribution < 1.29 is 33.0 Å². The van der Waals surface area contributed by atoms with Crippen molar-refractivity contribution in [2.24, 2.45) is 0 Å². The highest BCUT2D eigenvalue weighted by Crippen LogP contribution is 2.25. The molecule has 2 N–H and O–H groups in total. The summed E-state index contributed by atoms with van der Waals surface area (Å²) in [5.41, 5.74) is 1.51. The number of carboxylic acids is 1. The SMILES string of the molecule is CC(C)(C)OC(=O)N(CCc1ccc(S(=O)(=O)c2ccc(CN3CCC[C@H]3C(=O)O)cc2)cc1)C[C@H](O)c1cccc(Cl)c1. The number of sulfone groups is 1. The number of aliphatic hydroxyl groups excluding tert-OH is 1. The molecule has 0 radical (unpaired) electrons. The van der Waals surface area contributed by atoms with Crippen LogP contribution in [0.1, 0.15) is 56.4 Å². The van der Waals surface area contributed by atoms with E-state index in [4.69, 9.17) is 16.3 Å². The standard InChI is InChI=1S/C33H39ClN2O7S/c1-33(2,3)43-32(40)36(22-30(37)25-6-4-7-26(34)20-25)19-17-23-9-13-27(14-10-23)44(41,42)28-15-11-24(12-16-28)21-35-18-5-8-29(35)31(38)39/h4,6-7,9-16,20,29-30,37H,5,8,17-19,21-22H2,1-3H3,(H,38,39)/t29-,30-/m0/s1. The second-order valence-electron chi connectivity index (χ2n) is 12.0. The maximum absolute atomic E-state index is 13.3. The van der Waals surface area contributed by atoms with Gasteiger partial charge in [0.2, 0.25) is 9.84 Å². The van der Waals surface area contributed by atoms with Crippen molar-refractivity contribution in [1.29, 1.82) is 0 Å². The summed E-state index contributed by atoms with van der Waals surface area (Å²) >= 11 is 6.07. The Bertz CT molecular complexity index is 1550. The van der Waals surface area contributed by atoms with Crippen LogP contribution in [0.15, 0.2) is 82.6 Å². The number of carbonyl (C=O) groups is 2. The Morgan fingerprint density at radius 3 is 2.20 bits per heavy atom. The Kier molecular flexibility index (Phi) is 10.7. The molecule has 3 aromatic carbocycles. The minimum Gasteiger partial charge on any atom is -0.480 e. The van der Waals surface area contributed by atoms with Crippen molar-refractivity contribution in [3.63, 3.8) is 0 Å². The van der Waals surface area contributed by atoms with Gasteiger partial charge in [0.05, 0.1) is 22.4 Å². The van der Waals surface area contributed by atoms with Crippen LogP contribution in [0.5, 0.6) is 0 Å². The lowest BCUT2D eigenvalue weighted by Gasteiger charge is -2.29. The third-order valence-electron chi connectivity index (χ3n) is 7.45. The van der Waals surface area contributed by atoms with E-state index in [0.717, 1.165) is 17.5 Å². The molecule has 1 aliphatic rings. The second-order valence-corrected chi connectivity index (χ2v) is 14.4. The van der Waals surface area contributed by atoms with Crippen LogP contribution in [0.4, 0.5) is 4.79 Å². The molecular formula is C33H39ClN2O7S. The molecule has 0 saturated carbocycles. The van der Waals surface area contributed by atoms with Crippen molar-refractivity contribution in [3.05, 3.63) is 94.5 Å². The summed E-state index contributed by atoms with van der Waals surface area (Å²) in [6.07, 6.45) is 0.300. The van der Waals surface area contributed by atoms with E-state index in [1.165, 1.54) is 4.90 Å². The highest BCUT2D eigenvalue weighted by atomic mass is 35.5. The molecular weight excluding hydrogens is 604 g/mol. The first-order chi connectivity index (χ1) is 20.7. The van der Waals surface area contributed by atoms with Crippen LogP contribution in [-0.4, -0.2) is 71.8 Å². The van der Waals surface area contributed by atoms with E-state index in [2.05, 4.69) is 0 Å². The van der Waals surface area contributed by atoms with Gasteiger partial charge in [-0.3, -0.25) is 9.69 Å². The Hall–Kier alpha value is -3.44. The van der Waals surface area contributed by atoms with Crippen LogP contribution in [0.2, 0.25) is 5.02 Å². The van der Waals surface area contributed by atoms with Crippen LogP contribution in [0, 0.1) is 0 Å². The summed E-state index contributed by atoms with van der Waals surface area (Å²) in [6.45, 7) is 6.68. The molecule has 0 spiro atoms. The van der Waals surface area contributed by atoms with E-state index in [0.29, 0.717) is 36.5 Å². The zero-order chi connectivity index (χ0) is 32.1. The first-order valence-corrected chi connectivity index (χ1v) is 16.4. The molecule has 1 fully saturated rings. The lowest BCUT2D eigenvalue weighted by Crippen LogP contribution is -2.40. The number of halogens is 1. The lowest BCUT2D eigenvalue weighted by atomic mass is 10.1. The van der Waals surface area contributed by atoms with E-state index in [-0.39, 0.29) is 22.9 Å². The highest BCUT2D eigenvalue weighted by molar-refractivity contribution is 7.91. The van der Waals surface area contributed by atoms with Gasteiger partial charge in [0, 0.05) is 18.1 Å². The number of rotatable bonds is 11. The molecule has 4 rings (SSSR count). The van der Waals surface area contributed by atoms with Crippen LogP contribution >= 0.6 is 11.6 Å². The Balaban J connectivity index is 1.42. The van der Waals surface area contributed by atoms with Gasteiger partial charge in [-0.15, -0.1) is 0 Å². The quantitative estimate of drug-likeness (QED) is 0.272. The van der Waals surface area contributed by atoms with Crippen molar-refractivity contribution in [3.8, 4) is 0 Å². The van der Waals surface area contributed by atoms with Gasteiger partial charge in [0.1, 0.15) is 11.6 Å². The molecule has 3 aromatic rings. The summed E-state index contributed by atoms with van der Waals surface area (Å²) in [4.78, 5) is 28.1. The van der Waals surface area contributed by atoms with E-state index in [9.17, 15) is 28.2 Å². The van der Waals surface area contributed by atoms with Crippen molar-refractivity contribution in [2.75, 3.05) is 19.6 Å². The van der Waals surface area contributed by atoms with Crippen molar-refractivity contribution in [1.82, 2.24) is 9.80 Å². The smallest absolute Gasteiger partial charge is 0.410 e. The second kappa shape index (κ2) is 14.1. The fourth-order valence-corrected chi connectivity index (χ4v) is 6.61. The summed E-state index contributed by atoms with van der Waals surface area (Å²) in [5.74, 6) is -0.835. The van der Waals surface area contributed by atoms with Crippen LogP contribution < -0.4 is 0 Å². The summed E-state index contributed by atoms with van der Waals surface area (Å²) in [5, 5.41) is 20.7. The van der Waals surface area contributed by atoms with Gasteiger partial charge >= 0.3 is 12.1 Å². The summed E-state index contributed by atoms with van der Waals surface area (Å²) in [6, 6.07) is 19.4. The molecule has 1 amide bonds. The molecule has 9 nitrogen and oxygen atoms in total. The number of aliphatic hydroxyl groups is 1. The molecule has 0 aromatic heterocycles. The number of nitrogens with zero attached hydrogens (tertiary/aromatic N) is 2. The molecule has 1 aliphatic heterocycles. The number of amides is 1. The highest BCUT2D eigenvalue weighted by Gasteiger charge is 2.30. The minimum absolute atomic E-state index is 0.00750. The molecule has 0 unspecified atom stereocenters. The number of benzene rings is 3. The Labute approximate surface area is 263 Å². The zero-order valence-corrected chi connectivity index (χ0v) is 26.7. The van der Waals surface area contributed by atoms with Crippen molar-refractivity contribution >= 4 is 33.5 Å². The Morgan fingerprint density at radius 1 is 1.02 bits per heavy atom. The summed E-state index contributed by atoms with van der Waals surface area (Å²) < 4.78 is 32.2. The fraction of sp³-hybridized carbons (Fsp3) is 0.394. The third kappa shape index (κ3) is 8.81. The maximum Gasteiger partial charge on any atom is 0.410 e. The van der Waals surface area contributed by atoms with E-state index < -0.39 is 39.6 Å². The third-order valence-corrected chi connectivity index (χ3v) is 9.47. The maximum atomic E-state index is 13.3. The number of hydrogen-bond acceptors (Lipinski definition) is 7. The van der Waals surface area contributed by atoms with E-state index >= 15 is 0 Å². The number of carboxylic acid groups (broad SMARTS) is 1. The van der Waals surface area contributed by atoms with Gasteiger partial charge in [-0.25, -0.2) is 13.2 Å². The summed E-state index contributed by atoms with van der Waals surface area (Å²) in [7, 11) is -3.78. The van der Waals surface area contributed by atoms with E-state index in [1.54, 1.807) is 93.6 Å². The van der Waals surface area contributed by atoms with Gasteiger partial charge in [0.15, 0.2) is 0 Å². The van der Waals surface area contributed by atoms with Gasteiger partial charge in [-0.2, -0.15) is 0 Å². The van der Waals surface area contributed by atoms with Crippen LogP contribution in [-0.2, 0) is 32.3 Å². The predicted octanol–water partition coefficient (Wildman–Crippen LogP) is 5.74.